The first kappa shape index (κ1) is 12.0. The molecule has 1 atom stereocenters. The summed E-state index contributed by atoms with van der Waals surface area (Å²) in [5.74, 6) is 0.0837. The molecule has 3 rings (SSSR count). The Morgan fingerprint density at radius 1 is 1.58 bits per heavy atom. The normalized spacial score (nSPS) is 19.2. The van der Waals surface area contributed by atoms with E-state index in [4.69, 9.17) is 5.11 Å². The van der Waals surface area contributed by atoms with Crippen molar-refractivity contribution in [2.75, 3.05) is 11.4 Å². The minimum absolute atomic E-state index is 0.0337. The number of aromatic nitrogens is 3. The summed E-state index contributed by atoms with van der Waals surface area (Å²) in [6.45, 7) is 2.80. The monoisotopic (exact) mass is 260 g/mol. The van der Waals surface area contributed by atoms with Gasteiger partial charge >= 0.3 is 5.97 Å². The van der Waals surface area contributed by atoms with E-state index in [1.165, 1.54) is 0 Å². The molecule has 0 saturated carbocycles. The van der Waals surface area contributed by atoms with E-state index >= 15 is 0 Å². The highest BCUT2D eigenvalue weighted by molar-refractivity contribution is 5.72. The Hall–Kier alpha value is -2.11. The average Bonchev–Trinajstić information content (AvgIpc) is 2.92. The highest BCUT2D eigenvalue weighted by atomic mass is 16.4. The fraction of sp³-hybridized carbons (Fsp3) is 0.462. The zero-order valence-electron chi connectivity index (χ0n) is 10.8. The number of hydrogen-bond acceptors (Lipinski definition) is 4. The number of carbonyl (C=O) groups is 1. The number of aryl methyl sites for hydroxylation is 1. The van der Waals surface area contributed by atoms with E-state index in [-0.39, 0.29) is 12.5 Å². The van der Waals surface area contributed by atoms with Crippen molar-refractivity contribution in [3.05, 3.63) is 24.2 Å². The number of fused-ring (bicyclic) bond motifs is 1. The van der Waals surface area contributed by atoms with Crippen LogP contribution in [0.3, 0.4) is 0 Å². The molecule has 0 spiro atoms. The Balaban J connectivity index is 2.00. The topological polar surface area (TPSA) is 70.7 Å². The first-order valence-electron chi connectivity index (χ1n) is 6.44. The number of hydrogen-bond donors (Lipinski definition) is 1. The first-order chi connectivity index (χ1) is 9.15. The molecule has 2 aromatic rings. The molecule has 19 heavy (non-hydrogen) atoms. The van der Waals surface area contributed by atoms with Crippen molar-refractivity contribution in [1.82, 2.24) is 14.6 Å². The summed E-state index contributed by atoms with van der Waals surface area (Å²) in [6.07, 6.45) is 5.60. The maximum atomic E-state index is 10.9. The standard InChI is InChI=1S/C13H16N4O2/c1-9-7-11-13(14-4-6-17(11)15-9)16-5-2-3-10(16)8-12(18)19/h4,6-7,10H,2-3,5,8H2,1H3,(H,18,19). The van der Waals surface area contributed by atoms with Gasteiger partial charge in [-0.25, -0.2) is 9.50 Å². The minimum Gasteiger partial charge on any atom is -0.481 e. The number of nitrogens with zero attached hydrogens (tertiary/aromatic N) is 4. The second kappa shape index (κ2) is 4.53. The summed E-state index contributed by atoms with van der Waals surface area (Å²) >= 11 is 0. The molecule has 1 aliphatic rings. The Labute approximate surface area is 110 Å². The third kappa shape index (κ3) is 2.14. The van der Waals surface area contributed by atoms with E-state index < -0.39 is 5.97 Å². The summed E-state index contributed by atoms with van der Waals surface area (Å²) < 4.78 is 1.80. The van der Waals surface area contributed by atoms with Gasteiger partial charge in [-0.05, 0) is 25.8 Å². The first-order valence-corrected chi connectivity index (χ1v) is 6.44. The van der Waals surface area contributed by atoms with Gasteiger partial charge in [0.25, 0.3) is 0 Å². The van der Waals surface area contributed by atoms with Crippen LogP contribution in [0, 0.1) is 6.92 Å². The van der Waals surface area contributed by atoms with Gasteiger partial charge in [-0.3, -0.25) is 4.79 Å². The summed E-state index contributed by atoms with van der Waals surface area (Å²) in [5.41, 5.74) is 1.88. The smallest absolute Gasteiger partial charge is 0.305 e. The molecule has 6 nitrogen and oxygen atoms in total. The van der Waals surface area contributed by atoms with Crippen molar-refractivity contribution >= 4 is 17.3 Å². The van der Waals surface area contributed by atoms with Crippen LogP contribution in [0.15, 0.2) is 18.5 Å². The van der Waals surface area contributed by atoms with Crippen LogP contribution in [-0.4, -0.2) is 38.3 Å². The molecule has 0 aliphatic carbocycles. The van der Waals surface area contributed by atoms with Gasteiger partial charge in [0, 0.05) is 25.0 Å². The Bertz CT molecular complexity index is 622. The van der Waals surface area contributed by atoms with Crippen molar-refractivity contribution in [3.8, 4) is 0 Å². The van der Waals surface area contributed by atoms with E-state index in [0.717, 1.165) is 36.4 Å². The van der Waals surface area contributed by atoms with E-state index in [1.807, 2.05) is 19.2 Å². The number of rotatable bonds is 3. The molecular formula is C13H16N4O2. The minimum atomic E-state index is -0.756. The van der Waals surface area contributed by atoms with Crippen LogP contribution in [0.25, 0.3) is 5.52 Å². The van der Waals surface area contributed by atoms with Gasteiger partial charge in [0.15, 0.2) is 5.82 Å². The second-order valence-electron chi connectivity index (χ2n) is 4.95. The van der Waals surface area contributed by atoms with Gasteiger partial charge in [0.2, 0.25) is 0 Å². The maximum absolute atomic E-state index is 10.9. The average molecular weight is 260 g/mol. The van der Waals surface area contributed by atoms with E-state index in [0.29, 0.717) is 0 Å². The van der Waals surface area contributed by atoms with Crippen LogP contribution in [0.1, 0.15) is 25.0 Å². The molecular weight excluding hydrogens is 244 g/mol. The molecule has 100 valence electrons. The zero-order valence-corrected chi connectivity index (χ0v) is 10.8. The van der Waals surface area contributed by atoms with E-state index in [2.05, 4.69) is 15.0 Å². The molecule has 0 radical (unpaired) electrons. The Morgan fingerprint density at radius 2 is 2.42 bits per heavy atom. The predicted octanol–water partition coefficient (Wildman–Crippen LogP) is 1.48. The van der Waals surface area contributed by atoms with Crippen LogP contribution < -0.4 is 4.90 Å². The van der Waals surface area contributed by atoms with Crippen LogP contribution in [0.5, 0.6) is 0 Å². The lowest BCUT2D eigenvalue weighted by Gasteiger charge is -2.24. The molecule has 1 N–H and O–H groups in total. The van der Waals surface area contributed by atoms with Crippen molar-refractivity contribution in [2.45, 2.75) is 32.2 Å². The van der Waals surface area contributed by atoms with Crippen molar-refractivity contribution in [3.63, 3.8) is 0 Å². The van der Waals surface area contributed by atoms with Crippen molar-refractivity contribution < 1.29 is 9.90 Å². The molecule has 0 aromatic carbocycles. The van der Waals surface area contributed by atoms with Gasteiger partial charge in [-0.2, -0.15) is 5.10 Å². The highest BCUT2D eigenvalue weighted by Crippen LogP contribution is 2.29. The Kier molecular flexibility index (Phi) is 2.85. The molecule has 2 aromatic heterocycles. The summed E-state index contributed by atoms with van der Waals surface area (Å²) in [7, 11) is 0. The lowest BCUT2D eigenvalue weighted by atomic mass is 10.1. The largest absolute Gasteiger partial charge is 0.481 e. The van der Waals surface area contributed by atoms with E-state index in [9.17, 15) is 4.79 Å². The number of carboxylic acid groups (broad SMARTS) is 1. The van der Waals surface area contributed by atoms with Crippen LogP contribution >= 0.6 is 0 Å². The predicted molar refractivity (Wildman–Crippen MR) is 70.3 cm³/mol. The maximum Gasteiger partial charge on any atom is 0.305 e. The fourth-order valence-corrected chi connectivity index (χ4v) is 2.78. The molecule has 1 aliphatic heterocycles. The van der Waals surface area contributed by atoms with Crippen molar-refractivity contribution in [1.29, 1.82) is 0 Å². The third-order valence-corrected chi connectivity index (χ3v) is 3.55. The van der Waals surface area contributed by atoms with Crippen molar-refractivity contribution in [2.24, 2.45) is 0 Å². The zero-order chi connectivity index (χ0) is 13.4. The number of carboxylic acids is 1. The second-order valence-corrected chi connectivity index (χ2v) is 4.95. The highest BCUT2D eigenvalue weighted by Gasteiger charge is 2.29. The van der Waals surface area contributed by atoms with Gasteiger partial charge in [0.1, 0.15) is 5.52 Å². The van der Waals surface area contributed by atoms with Gasteiger partial charge < -0.3 is 10.0 Å². The van der Waals surface area contributed by atoms with Crippen LogP contribution in [-0.2, 0) is 4.79 Å². The quantitative estimate of drug-likeness (QED) is 0.905. The Morgan fingerprint density at radius 3 is 3.21 bits per heavy atom. The third-order valence-electron chi connectivity index (χ3n) is 3.55. The molecule has 1 fully saturated rings. The van der Waals surface area contributed by atoms with Gasteiger partial charge in [-0.15, -0.1) is 0 Å². The number of aliphatic carboxylic acids is 1. The number of anilines is 1. The molecule has 6 heteroatoms. The van der Waals surface area contributed by atoms with Gasteiger partial charge in [0.05, 0.1) is 12.1 Å². The molecule has 0 amide bonds. The molecule has 1 saturated heterocycles. The van der Waals surface area contributed by atoms with E-state index in [1.54, 1.807) is 10.7 Å². The molecule has 0 bridgehead atoms. The van der Waals surface area contributed by atoms with Crippen LogP contribution in [0.4, 0.5) is 5.82 Å². The lowest BCUT2D eigenvalue weighted by Crippen LogP contribution is -2.32. The lowest BCUT2D eigenvalue weighted by molar-refractivity contribution is -0.137. The summed E-state index contributed by atoms with van der Waals surface area (Å²) in [5, 5.41) is 13.4. The van der Waals surface area contributed by atoms with Gasteiger partial charge in [-0.1, -0.05) is 0 Å². The molecule has 3 heterocycles. The fourth-order valence-electron chi connectivity index (χ4n) is 2.78. The molecule has 1 unspecified atom stereocenters. The summed E-state index contributed by atoms with van der Waals surface area (Å²) in [6, 6.07) is 2.02. The summed E-state index contributed by atoms with van der Waals surface area (Å²) in [4.78, 5) is 17.5. The SMILES string of the molecule is Cc1cc2c(N3CCCC3CC(=O)O)nccn2n1. The van der Waals surface area contributed by atoms with Crippen LogP contribution in [0.2, 0.25) is 0 Å².